The molecule has 0 radical (unpaired) electrons. The van der Waals surface area contributed by atoms with Crippen LogP contribution in [0.15, 0.2) is 97.2 Å². The van der Waals surface area contributed by atoms with E-state index in [0.717, 1.165) is 96.3 Å². The Bertz CT molecular complexity index is 2470. The zero-order chi connectivity index (χ0) is 83.8. The Labute approximate surface area is 704 Å². The van der Waals surface area contributed by atoms with E-state index in [-0.39, 0.29) is 18.9 Å². The number of rotatable bonds is 77. The van der Waals surface area contributed by atoms with Gasteiger partial charge in [0.1, 0.15) is 73.2 Å². The fourth-order valence-electron chi connectivity index (χ4n) is 15.7. The Morgan fingerprint density at radius 2 is 0.595 bits per heavy atom. The van der Waals surface area contributed by atoms with Gasteiger partial charge in [-0.3, -0.25) is 4.79 Å². The predicted octanol–water partition coefficient (Wildman–Crippen LogP) is 19.0. The number of nitrogens with one attached hydrogen (secondary N) is 1. The van der Waals surface area contributed by atoms with Gasteiger partial charge in [0.2, 0.25) is 5.91 Å². The van der Waals surface area contributed by atoms with Crippen LogP contribution in [0.5, 0.6) is 0 Å². The molecule has 3 fully saturated rings. The molecule has 674 valence electrons. The zero-order valence-electron chi connectivity index (χ0n) is 73.0. The highest BCUT2D eigenvalue weighted by atomic mass is 16.8. The number of unbranched alkanes of at least 4 members (excludes halogenated alkanes) is 45. The summed E-state index contributed by atoms with van der Waals surface area (Å²) in [6.07, 6.45) is 78.0. The number of carbonyl (C=O) groups excluding carboxylic acids is 1. The highest BCUT2D eigenvalue weighted by Crippen LogP contribution is 2.34. The molecule has 0 aromatic carbocycles. The molecule has 17 unspecified atom stereocenters. The maximum Gasteiger partial charge on any atom is 0.220 e. The van der Waals surface area contributed by atoms with Crippen LogP contribution in [0.1, 0.15) is 380 Å². The van der Waals surface area contributed by atoms with Crippen molar-refractivity contribution in [2.24, 2.45) is 0 Å². The van der Waals surface area contributed by atoms with Crippen LogP contribution in [-0.4, -0.2) is 193 Å². The van der Waals surface area contributed by atoms with Crippen molar-refractivity contribution < 1.29 is 89.4 Å². The molecule has 3 rings (SSSR count). The lowest BCUT2D eigenvalue weighted by Gasteiger charge is -2.48. The number of aliphatic hydroxyl groups excluding tert-OH is 11. The van der Waals surface area contributed by atoms with Gasteiger partial charge in [-0.1, -0.05) is 394 Å². The molecule has 0 aromatic heterocycles. The van der Waals surface area contributed by atoms with Crippen molar-refractivity contribution in [2.75, 3.05) is 26.4 Å². The quantitative estimate of drug-likeness (QED) is 0.0199. The molecular weight excluding hydrogens is 1470 g/mol. The number of allylic oxidation sites excluding steroid dienone is 16. The van der Waals surface area contributed by atoms with Crippen molar-refractivity contribution in [3.8, 4) is 0 Å². The third kappa shape index (κ3) is 52.9. The minimum atomic E-state index is -1.98. The van der Waals surface area contributed by atoms with E-state index in [4.69, 9.17) is 28.4 Å². The van der Waals surface area contributed by atoms with Crippen LogP contribution in [0.2, 0.25) is 0 Å². The molecule has 1 amide bonds. The summed E-state index contributed by atoms with van der Waals surface area (Å²) in [5, 5.41) is 121. The molecule has 3 saturated heterocycles. The maximum atomic E-state index is 13.6. The molecule has 0 aromatic rings. The van der Waals surface area contributed by atoms with Crippen LogP contribution in [0.3, 0.4) is 0 Å². The standard InChI is InChI=1S/C97H173NO18/c1-3-5-7-9-11-13-15-17-19-21-23-25-27-29-31-33-35-36-37-38-39-40-41-42-43-44-45-47-49-51-53-55-57-59-61-63-65-67-69-71-73-75-85(103)98-80(81(102)74-72-70-68-66-64-62-60-58-56-54-52-50-48-46-34-32-30-28-26-24-22-20-18-16-14-12-10-8-6-4-2)79-111-95-91(109)88(106)93(83(77-100)113-95)116-97-92(110)89(107)94(84(78-101)114-97)115-96-90(108)87(105)86(104)82(76-99)112-96/h5,7,11,13,17,19,23,25,29,31,35-36,38-39,41-42,80-84,86-97,99-102,104-110H,3-4,6,8-10,12,14-16,18,20-22,24,26-28,30,32-34,37,40,43-79H2,1-2H3,(H,98,103)/b7-5-,13-11-,19-17-,25-23-,31-29-,36-35-,39-38-,42-41-. The van der Waals surface area contributed by atoms with Crippen LogP contribution in [0.25, 0.3) is 0 Å². The van der Waals surface area contributed by atoms with Crippen LogP contribution < -0.4 is 5.32 Å². The molecule has 3 heterocycles. The van der Waals surface area contributed by atoms with Gasteiger partial charge in [0.25, 0.3) is 0 Å². The molecule has 0 bridgehead atoms. The fraction of sp³-hybridized carbons (Fsp3) is 0.825. The van der Waals surface area contributed by atoms with Gasteiger partial charge in [0.05, 0.1) is 38.6 Å². The van der Waals surface area contributed by atoms with Crippen LogP contribution in [0, 0.1) is 0 Å². The third-order valence-corrected chi connectivity index (χ3v) is 23.2. The topological polar surface area (TPSA) is 307 Å². The van der Waals surface area contributed by atoms with Gasteiger partial charge in [-0.15, -0.1) is 0 Å². The van der Waals surface area contributed by atoms with Gasteiger partial charge in [-0.05, 0) is 77.0 Å². The Morgan fingerprint density at radius 1 is 0.319 bits per heavy atom. The molecule has 3 aliphatic heterocycles. The second-order valence-corrected chi connectivity index (χ2v) is 33.5. The van der Waals surface area contributed by atoms with E-state index < -0.39 is 124 Å². The first-order valence-corrected chi connectivity index (χ1v) is 47.5. The smallest absolute Gasteiger partial charge is 0.220 e. The molecule has 19 heteroatoms. The van der Waals surface area contributed by atoms with Gasteiger partial charge >= 0.3 is 0 Å². The van der Waals surface area contributed by atoms with Gasteiger partial charge in [0, 0.05) is 6.42 Å². The highest BCUT2D eigenvalue weighted by molar-refractivity contribution is 5.76. The summed E-state index contributed by atoms with van der Waals surface area (Å²) in [4.78, 5) is 13.6. The molecule has 0 spiro atoms. The Morgan fingerprint density at radius 3 is 0.931 bits per heavy atom. The highest BCUT2D eigenvalue weighted by Gasteiger charge is 2.54. The number of hydrogen-bond acceptors (Lipinski definition) is 18. The summed E-state index contributed by atoms with van der Waals surface area (Å²) in [6.45, 7) is 1.74. The van der Waals surface area contributed by atoms with E-state index in [1.807, 2.05) is 0 Å². The molecule has 12 N–H and O–H groups in total. The van der Waals surface area contributed by atoms with Crippen LogP contribution in [0.4, 0.5) is 0 Å². The molecule has 0 saturated carbocycles. The third-order valence-electron chi connectivity index (χ3n) is 23.2. The van der Waals surface area contributed by atoms with Crippen molar-refractivity contribution in [1.82, 2.24) is 5.32 Å². The van der Waals surface area contributed by atoms with Crippen molar-refractivity contribution >= 4 is 5.91 Å². The molecule has 17 atom stereocenters. The number of carbonyl (C=O) groups is 1. The van der Waals surface area contributed by atoms with E-state index in [1.54, 1.807) is 0 Å². The Kier molecular flexibility index (Phi) is 69.5. The average molecular weight is 1640 g/mol. The van der Waals surface area contributed by atoms with Crippen molar-refractivity contribution in [1.29, 1.82) is 0 Å². The minimum absolute atomic E-state index is 0.239. The maximum absolute atomic E-state index is 13.6. The number of amides is 1. The lowest BCUT2D eigenvalue weighted by molar-refractivity contribution is -0.379. The summed E-state index contributed by atoms with van der Waals surface area (Å²) in [6, 6.07) is -0.894. The first-order chi connectivity index (χ1) is 56.8. The first-order valence-electron chi connectivity index (χ1n) is 47.5. The SMILES string of the molecule is CC/C=C\C/C=C\C/C=C\C/C=C\C/C=C\C/C=C\C/C=C\C/C=C\CCCCCCCCCCCCCCCCCCC(=O)NC(COC1OC(CO)C(OC2OC(CO)C(OC3OC(CO)C(O)C(O)C3O)C(O)C2O)C(O)C1O)C(O)CCCCCCCCCCCCCCCCCCCCCCCCCCCCCCCC. The fourth-order valence-corrected chi connectivity index (χ4v) is 15.7. The van der Waals surface area contributed by atoms with Crippen molar-refractivity contribution in [2.45, 2.75) is 484 Å². The second-order valence-electron chi connectivity index (χ2n) is 33.5. The van der Waals surface area contributed by atoms with E-state index in [1.165, 1.54) is 250 Å². The molecular formula is C97H173NO18. The van der Waals surface area contributed by atoms with Crippen LogP contribution >= 0.6 is 0 Å². The average Bonchev–Trinajstić information content (AvgIpc) is 0.783. The minimum Gasteiger partial charge on any atom is -0.394 e. The van der Waals surface area contributed by atoms with E-state index in [0.29, 0.717) is 12.8 Å². The lowest BCUT2D eigenvalue weighted by atomic mass is 9.96. The zero-order valence-corrected chi connectivity index (χ0v) is 73.0. The van der Waals surface area contributed by atoms with Crippen molar-refractivity contribution in [3.05, 3.63) is 97.2 Å². The summed E-state index contributed by atoms with van der Waals surface area (Å²) >= 11 is 0. The summed E-state index contributed by atoms with van der Waals surface area (Å²) in [7, 11) is 0. The molecule has 116 heavy (non-hydrogen) atoms. The van der Waals surface area contributed by atoms with E-state index >= 15 is 0 Å². The van der Waals surface area contributed by atoms with Gasteiger partial charge in [-0.2, -0.15) is 0 Å². The monoisotopic (exact) mass is 1640 g/mol. The number of hydrogen-bond donors (Lipinski definition) is 12. The van der Waals surface area contributed by atoms with Crippen LogP contribution in [-0.2, 0) is 33.2 Å². The first kappa shape index (κ1) is 107. The van der Waals surface area contributed by atoms with Crippen molar-refractivity contribution in [3.63, 3.8) is 0 Å². The second kappa shape index (κ2) is 75.5. The summed E-state index contributed by atoms with van der Waals surface area (Å²) in [5.74, 6) is -0.239. The normalized spacial score (nSPS) is 24.9. The number of aliphatic hydroxyl groups is 11. The number of ether oxygens (including phenoxy) is 6. The van der Waals surface area contributed by atoms with Gasteiger partial charge in [0.15, 0.2) is 18.9 Å². The summed E-state index contributed by atoms with van der Waals surface area (Å²) in [5.41, 5.74) is 0. The Hall–Kier alpha value is -3.29. The predicted molar refractivity (Wildman–Crippen MR) is 471 cm³/mol. The summed E-state index contributed by atoms with van der Waals surface area (Å²) < 4.78 is 34.6. The Balaban J connectivity index is 1.30. The molecule has 19 nitrogen and oxygen atoms in total. The molecule has 0 aliphatic carbocycles. The largest absolute Gasteiger partial charge is 0.394 e. The van der Waals surface area contributed by atoms with E-state index in [9.17, 15) is 61.0 Å². The van der Waals surface area contributed by atoms with Gasteiger partial charge < -0.3 is 89.9 Å². The van der Waals surface area contributed by atoms with E-state index in [2.05, 4.69) is 116 Å². The van der Waals surface area contributed by atoms with Gasteiger partial charge in [-0.25, -0.2) is 0 Å². The molecule has 3 aliphatic rings. The lowest BCUT2D eigenvalue weighted by Crippen LogP contribution is -2.66.